The summed E-state index contributed by atoms with van der Waals surface area (Å²) in [5, 5.41) is 0. The molecular formula is C10H13N3O2. The number of nitrogens with two attached hydrogens (primary N) is 1. The molecule has 1 saturated heterocycles. The van der Waals surface area contributed by atoms with E-state index >= 15 is 0 Å². The van der Waals surface area contributed by atoms with Gasteiger partial charge in [-0.2, -0.15) is 0 Å². The molecular weight excluding hydrogens is 194 g/mol. The van der Waals surface area contributed by atoms with E-state index in [0.717, 1.165) is 0 Å². The lowest BCUT2D eigenvalue weighted by Gasteiger charge is -2.13. The number of carbonyl (C=O) groups is 1. The summed E-state index contributed by atoms with van der Waals surface area (Å²) in [6, 6.07) is 2.55. The lowest BCUT2D eigenvalue weighted by Crippen LogP contribution is -2.30. The Morgan fingerprint density at radius 1 is 1.40 bits per heavy atom. The predicted octanol–water partition coefficient (Wildman–Crippen LogP) is -0.166. The quantitative estimate of drug-likeness (QED) is 0.695. The van der Waals surface area contributed by atoms with E-state index in [-0.39, 0.29) is 17.5 Å². The van der Waals surface area contributed by atoms with Crippen molar-refractivity contribution in [2.75, 3.05) is 19.3 Å². The lowest BCUT2D eigenvalue weighted by atomic mass is 10.2. The van der Waals surface area contributed by atoms with Gasteiger partial charge in [-0.1, -0.05) is 0 Å². The Hall–Kier alpha value is -1.78. The second kappa shape index (κ2) is 3.42. The number of nitrogens with zero attached hydrogens (tertiary/aromatic N) is 2. The number of hydrogen-bond acceptors (Lipinski definition) is 3. The van der Waals surface area contributed by atoms with Crippen molar-refractivity contribution in [3.63, 3.8) is 0 Å². The van der Waals surface area contributed by atoms with Crippen LogP contribution in [-0.2, 0) is 4.79 Å². The number of likely N-dealkylation sites (N-methyl/N-ethyl adjacent to an activating group) is 1. The molecule has 1 atom stereocenters. The van der Waals surface area contributed by atoms with Crippen LogP contribution in [0.15, 0.2) is 23.1 Å². The van der Waals surface area contributed by atoms with Crippen LogP contribution in [0, 0.1) is 0 Å². The van der Waals surface area contributed by atoms with Crippen LogP contribution in [0.2, 0.25) is 0 Å². The van der Waals surface area contributed by atoms with Gasteiger partial charge in [0, 0.05) is 31.5 Å². The van der Waals surface area contributed by atoms with Crippen LogP contribution in [0.5, 0.6) is 0 Å². The molecule has 2 rings (SSSR count). The maximum Gasteiger partial charge on any atom is 0.251 e. The first-order chi connectivity index (χ1) is 7.09. The number of amides is 1. The zero-order valence-electron chi connectivity index (χ0n) is 8.51. The van der Waals surface area contributed by atoms with Crippen molar-refractivity contribution < 1.29 is 4.79 Å². The maximum atomic E-state index is 11.7. The van der Waals surface area contributed by atoms with E-state index in [1.807, 2.05) is 0 Å². The number of pyridine rings is 1. The van der Waals surface area contributed by atoms with Crippen LogP contribution in [0.25, 0.3) is 0 Å². The van der Waals surface area contributed by atoms with Crippen molar-refractivity contribution in [3.05, 3.63) is 28.7 Å². The molecule has 5 heteroatoms. The fourth-order valence-electron chi connectivity index (χ4n) is 1.83. The fraction of sp³-hybridized carbons (Fsp3) is 0.400. The van der Waals surface area contributed by atoms with Crippen molar-refractivity contribution in [1.82, 2.24) is 9.47 Å². The molecule has 1 fully saturated rings. The Kier molecular flexibility index (Phi) is 2.22. The van der Waals surface area contributed by atoms with Gasteiger partial charge in [-0.05, 0) is 12.5 Å². The highest BCUT2D eigenvalue weighted by molar-refractivity contribution is 5.82. The van der Waals surface area contributed by atoms with Crippen LogP contribution >= 0.6 is 0 Å². The molecule has 5 nitrogen and oxygen atoms in total. The summed E-state index contributed by atoms with van der Waals surface area (Å²) in [6.45, 7) is 0.685. The monoisotopic (exact) mass is 207 g/mol. The third-order valence-electron chi connectivity index (χ3n) is 2.70. The largest absolute Gasteiger partial charge is 0.398 e. The Morgan fingerprint density at radius 2 is 2.13 bits per heavy atom. The molecule has 1 amide bonds. The molecule has 0 spiro atoms. The van der Waals surface area contributed by atoms with E-state index in [2.05, 4.69) is 0 Å². The maximum absolute atomic E-state index is 11.7. The SMILES string of the molecule is CN1CCC(n2cc(N)ccc2=O)C1=O. The van der Waals surface area contributed by atoms with Gasteiger partial charge < -0.3 is 15.2 Å². The van der Waals surface area contributed by atoms with Gasteiger partial charge in [0.05, 0.1) is 0 Å². The molecule has 1 aliphatic rings. The zero-order chi connectivity index (χ0) is 11.0. The lowest BCUT2D eigenvalue weighted by molar-refractivity contribution is -0.129. The number of anilines is 1. The second-order valence-electron chi connectivity index (χ2n) is 3.77. The van der Waals surface area contributed by atoms with Crippen molar-refractivity contribution in [2.24, 2.45) is 0 Å². The topological polar surface area (TPSA) is 68.3 Å². The number of likely N-dealkylation sites (tertiary alicyclic amines) is 1. The number of carbonyl (C=O) groups excluding carboxylic acids is 1. The molecule has 15 heavy (non-hydrogen) atoms. The van der Waals surface area contributed by atoms with Crippen LogP contribution in [0.3, 0.4) is 0 Å². The van der Waals surface area contributed by atoms with Crippen LogP contribution in [0.1, 0.15) is 12.5 Å². The summed E-state index contributed by atoms with van der Waals surface area (Å²) in [7, 11) is 1.74. The number of aromatic nitrogens is 1. The first-order valence-electron chi connectivity index (χ1n) is 4.82. The van der Waals surface area contributed by atoms with Crippen molar-refractivity contribution >= 4 is 11.6 Å². The van der Waals surface area contributed by atoms with Gasteiger partial charge in [0.2, 0.25) is 5.91 Å². The highest BCUT2D eigenvalue weighted by atomic mass is 16.2. The molecule has 0 bridgehead atoms. The average molecular weight is 207 g/mol. The average Bonchev–Trinajstić information content (AvgIpc) is 2.52. The normalized spacial score (nSPS) is 21.0. The van der Waals surface area contributed by atoms with Gasteiger partial charge in [-0.15, -0.1) is 0 Å². The molecule has 2 heterocycles. The molecule has 0 aromatic carbocycles. The predicted molar refractivity (Wildman–Crippen MR) is 56.4 cm³/mol. The number of hydrogen-bond donors (Lipinski definition) is 1. The summed E-state index contributed by atoms with van der Waals surface area (Å²) in [5.74, 6) is -0.0253. The third kappa shape index (κ3) is 1.60. The highest BCUT2D eigenvalue weighted by Crippen LogP contribution is 2.20. The Bertz CT molecular complexity index is 452. The Balaban J connectivity index is 2.42. The summed E-state index contributed by atoms with van der Waals surface area (Å²) < 4.78 is 1.42. The van der Waals surface area contributed by atoms with Gasteiger partial charge in [0.25, 0.3) is 5.56 Å². The van der Waals surface area contributed by atoms with Gasteiger partial charge in [0.15, 0.2) is 0 Å². The molecule has 2 N–H and O–H groups in total. The van der Waals surface area contributed by atoms with E-state index in [9.17, 15) is 9.59 Å². The third-order valence-corrected chi connectivity index (χ3v) is 2.70. The molecule has 1 aromatic heterocycles. The molecule has 0 aliphatic carbocycles. The summed E-state index contributed by atoms with van der Waals surface area (Å²) in [4.78, 5) is 24.9. The molecule has 1 aromatic rings. The van der Waals surface area contributed by atoms with Gasteiger partial charge in [0.1, 0.15) is 6.04 Å². The molecule has 0 saturated carbocycles. The van der Waals surface area contributed by atoms with Crippen LogP contribution in [0.4, 0.5) is 5.69 Å². The summed E-state index contributed by atoms with van der Waals surface area (Å²) in [6.07, 6.45) is 2.20. The van der Waals surface area contributed by atoms with Gasteiger partial charge in [-0.25, -0.2) is 0 Å². The molecule has 1 aliphatic heterocycles. The molecule has 1 unspecified atom stereocenters. The minimum absolute atomic E-state index is 0.0253. The highest BCUT2D eigenvalue weighted by Gasteiger charge is 2.30. The first kappa shape index (κ1) is 9.76. The Morgan fingerprint density at radius 3 is 2.73 bits per heavy atom. The molecule has 80 valence electrons. The van der Waals surface area contributed by atoms with Crippen molar-refractivity contribution in [3.8, 4) is 0 Å². The minimum Gasteiger partial charge on any atom is -0.398 e. The zero-order valence-corrected chi connectivity index (χ0v) is 8.51. The van der Waals surface area contributed by atoms with Crippen molar-refractivity contribution in [2.45, 2.75) is 12.5 Å². The first-order valence-corrected chi connectivity index (χ1v) is 4.82. The number of rotatable bonds is 1. The minimum atomic E-state index is -0.383. The summed E-state index contributed by atoms with van der Waals surface area (Å²) >= 11 is 0. The van der Waals surface area contributed by atoms with E-state index in [0.29, 0.717) is 18.7 Å². The van der Waals surface area contributed by atoms with E-state index in [1.54, 1.807) is 18.0 Å². The van der Waals surface area contributed by atoms with Crippen molar-refractivity contribution in [1.29, 1.82) is 0 Å². The fourth-order valence-corrected chi connectivity index (χ4v) is 1.83. The summed E-state index contributed by atoms with van der Waals surface area (Å²) in [5.41, 5.74) is 5.91. The standard InChI is InChI=1S/C10H13N3O2/c1-12-5-4-8(10(12)15)13-6-7(11)2-3-9(13)14/h2-3,6,8H,4-5,11H2,1H3. The molecule has 0 radical (unpaired) electrons. The van der Waals surface area contributed by atoms with Gasteiger partial charge in [-0.3, -0.25) is 9.59 Å². The Labute approximate surface area is 87.1 Å². The smallest absolute Gasteiger partial charge is 0.251 e. The number of nitrogen functional groups attached to an aromatic ring is 1. The van der Waals surface area contributed by atoms with Crippen LogP contribution in [-0.4, -0.2) is 29.0 Å². The second-order valence-corrected chi connectivity index (χ2v) is 3.77. The van der Waals surface area contributed by atoms with E-state index < -0.39 is 0 Å². The van der Waals surface area contributed by atoms with Gasteiger partial charge >= 0.3 is 0 Å². The van der Waals surface area contributed by atoms with E-state index in [4.69, 9.17) is 5.73 Å². The van der Waals surface area contributed by atoms with Crippen LogP contribution < -0.4 is 11.3 Å². The van der Waals surface area contributed by atoms with E-state index in [1.165, 1.54) is 16.8 Å².